The van der Waals surface area contributed by atoms with Gasteiger partial charge in [-0.25, -0.2) is 4.98 Å². The summed E-state index contributed by atoms with van der Waals surface area (Å²) in [6.45, 7) is 3.52. The molecule has 0 atom stereocenters. The zero-order chi connectivity index (χ0) is 14.5. The smallest absolute Gasteiger partial charge is 0.213 e. The maximum atomic E-state index is 5.48. The van der Waals surface area contributed by atoms with Crippen molar-refractivity contribution < 1.29 is 4.74 Å². The lowest BCUT2D eigenvalue weighted by Gasteiger charge is -2.08. The second kappa shape index (κ2) is 6.54. The molecule has 108 valence electrons. The molecule has 3 aromatic rings. The first-order valence-electron chi connectivity index (χ1n) is 7.00. The Hall–Kier alpha value is -2.14. The summed E-state index contributed by atoms with van der Waals surface area (Å²) in [7, 11) is 0. The SMILES string of the molecule is CCCOc1ccc(CNc2ccnc3ccsc23)cn1. The van der Waals surface area contributed by atoms with Crippen LogP contribution in [0.15, 0.2) is 42.0 Å². The molecule has 3 aromatic heterocycles. The number of fused-ring (bicyclic) bond motifs is 1. The molecule has 0 radical (unpaired) electrons. The summed E-state index contributed by atoms with van der Waals surface area (Å²) in [5, 5.41) is 5.50. The Morgan fingerprint density at radius 1 is 1.19 bits per heavy atom. The Balaban J connectivity index is 1.66. The summed E-state index contributed by atoms with van der Waals surface area (Å²) in [6, 6.07) is 8.00. The maximum absolute atomic E-state index is 5.48. The van der Waals surface area contributed by atoms with Gasteiger partial charge < -0.3 is 10.1 Å². The molecular weight excluding hydrogens is 282 g/mol. The van der Waals surface area contributed by atoms with E-state index in [9.17, 15) is 0 Å². The number of anilines is 1. The van der Waals surface area contributed by atoms with Gasteiger partial charge in [0.1, 0.15) is 0 Å². The molecule has 0 amide bonds. The van der Waals surface area contributed by atoms with Crippen molar-refractivity contribution in [2.75, 3.05) is 11.9 Å². The van der Waals surface area contributed by atoms with Crippen LogP contribution in [0.3, 0.4) is 0 Å². The highest BCUT2D eigenvalue weighted by Gasteiger charge is 2.03. The van der Waals surface area contributed by atoms with Crippen LogP contribution in [0.5, 0.6) is 5.88 Å². The van der Waals surface area contributed by atoms with Crippen molar-refractivity contribution in [1.82, 2.24) is 9.97 Å². The molecular formula is C16H17N3OS. The van der Waals surface area contributed by atoms with Crippen LogP contribution >= 0.6 is 11.3 Å². The molecule has 3 heterocycles. The van der Waals surface area contributed by atoms with Gasteiger partial charge >= 0.3 is 0 Å². The summed E-state index contributed by atoms with van der Waals surface area (Å²) < 4.78 is 6.67. The Labute approximate surface area is 127 Å². The number of pyridine rings is 2. The van der Waals surface area contributed by atoms with Gasteiger partial charge in [-0.15, -0.1) is 11.3 Å². The average molecular weight is 299 g/mol. The van der Waals surface area contributed by atoms with Crippen molar-refractivity contribution in [3.8, 4) is 5.88 Å². The van der Waals surface area contributed by atoms with Crippen molar-refractivity contribution in [3.05, 3.63) is 47.6 Å². The summed E-state index contributed by atoms with van der Waals surface area (Å²) in [5.41, 5.74) is 3.27. The molecule has 3 rings (SSSR count). The molecule has 0 aromatic carbocycles. The second-order valence-corrected chi connectivity index (χ2v) is 5.62. The minimum absolute atomic E-state index is 0.685. The van der Waals surface area contributed by atoms with Crippen molar-refractivity contribution in [3.63, 3.8) is 0 Å². The molecule has 5 heteroatoms. The van der Waals surface area contributed by atoms with Crippen LogP contribution in [0.1, 0.15) is 18.9 Å². The van der Waals surface area contributed by atoms with Gasteiger partial charge in [0, 0.05) is 25.0 Å². The lowest BCUT2D eigenvalue weighted by Crippen LogP contribution is -2.01. The topological polar surface area (TPSA) is 47.0 Å². The van der Waals surface area contributed by atoms with Crippen LogP contribution in [0.2, 0.25) is 0 Å². The van der Waals surface area contributed by atoms with E-state index in [0.29, 0.717) is 12.5 Å². The fraction of sp³-hybridized carbons (Fsp3) is 0.250. The minimum Gasteiger partial charge on any atom is -0.478 e. The lowest BCUT2D eigenvalue weighted by atomic mass is 10.2. The summed E-state index contributed by atoms with van der Waals surface area (Å²) in [5.74, 6) is 0.685. The summed E-state index contributed by atoms with van der Waals surface area (Å²) in [6.07, 6.45) is 4.67. The third-order valence-electron chi connectivity index (χ3n) is 3.08. The highest BCUT2D eigenvalue weighted by Crippen LogP contribution is 2.27. The van der Waals surface area contributed by atoms with Gasteiger partial charge in [-0.2, -0.15) is 0 Å². The first kappa shape index (κ1) is 13.8. The van der Waals surface area contributed by atoms with E-state index in [1.54, 1.807) is 11.3 Å². The van der Waals surface area contributed by atoms with E-state index in [4.69, 9.17) is 4.74 Å². The molecule has 0 bridgehead atoms. The van der Waals surface area contributed by atoms with Gasteiger partial charge in [-0.1, -0.05) is 13.0 Å². The first-order chi connectivity index (χ1) is 10.4. The Morgan fingerprint density at radius 2 is 2.14 bits per heavy atom. The Bertz CT molecular complexity index is 709. The molecule has 0 saturated carbocycles. The number of thiophene rings is 1. The molecule has 0 aliphatic carbocycles. The number of ether oxygens (including phenoxy) is 1. The van der Waals surface area contributed by atoms with Crippen molar-refractivity contribution in [2.24, 2.45) is 0 Å². The number of nitrogens with one attached hydrogen (secondary N) is 1. The molecule has 0 saturated heterocycles. The van der Waals surface area contributed by atoms with E-state index in [1.807, 2.05) is 36.7 Å². The van der Waals surface area contributed by atoms with Crippen molar-refractivity contribution >= 4 is 27.2 Å². The van der Waals surface area contributed by atoms with E-state index < -0.39 is 0 Å². The van der Waals surface area contributed by atoms with Crippen LogP contribution in [0, 0.1) is 0 Å². The van der Waals surface area contributed by atoms with E-state index in [-0.39, 0.29) is 0 Å². The van der Waals surface area contributed by atoms with Crippen LogP contribution in [-0.4, -0.2) is 16.6 Å². The molecule has 4 nitrogen and oxygen atoms in total. The fourth-order valence-electron chi connectivity index (χ4n) is 2.02. The van der Waals surface area contributed by atoms with E-state index in [2.05, 4.69) is 27.6 Å². The third-order valence-corrected chi connectivity index (χ3v) is 4.02. The molecule has 1 N–H and O–H groups in total. The molecule has 0 spiro atoms. The predicted molar refractivity (Wildman–Crippen MR) is 87.0 cm³/mol. The second-order valence-electron chi connectivity index (χ2n) is 4.70. The van der Waals surface area contributed by atoms with Gasteiger partial charge in [0.2, 0.25) is 5.88 Å². The van der Waals surface area contributed by atoms with E-state index in [0.717, 1.165) is 29.7 Å². The van der Waals surface area contributed by atoms with E-state index in [1.165, 1.54) is 4.70 Å². The first-order valence-corrected chi connectivity index (χ1v) is 7.88. The van der Waals surface area contributed by atoms with Gasteiger partial charge in [0.25, 0.3) is 0 Å². The Kier molecular flexibility index (Phi) is 4.31. The average Bonchev–Trinajstić information content (AvgIpc) is 3.01. The van der Waals surface area contributed by atoms with Crippen LogP contribution in [-0.2, 0) is 6.54 Å². The molecule has 21 heavy (non-hydrogen) atoms. The summed E-state index contributed by atoms with van der Waals surface area (Å²) >= 11 is 1.70. The fourth-order valence-corrected chi connectivity index (χ4v) is 2.86. The van der Waals surface area contributed by atoms with Gasteiger partial charge in [-0.05, 0) is 29.5 Å². The predicted octanol–water partition coefficient (Wildman–Crippen LogP) is 4.09. The lowest BCUT2D eigenvalue weighted by molar-refractivity contribution is 0.305. The molecule has 0 fully saturated rings. The van der Waals surface area contributed by atoms with Crippen molar-refractivity contribution in [2.45, 2.75) is 19.9 Å². The maximum Gasteiger partial charge on any atom is 0.213 e. The van der Waals surface area contributed by atoms with Gasteiger partial charge in [0.15, 0.2) is 0 Å². The minimum atomic E-state index is 0.685. The zero-order valence-electron chi connectivity index (χ0n) is 11.9. The van der Waals surface area contributed by atoms with Gasteiger partial charge in [0.05, 0.1) is 22.5 Å². The highest BCUT2D eigenvalue weighted by molar-refractivity contribution is 7.17. The zero-order valence-corrected chi connectivity index (χ0v) is 12.7. The van der Waals surface area contributed by atoms with Crippen molar-refractivity contribution in [1.29, 1.82) is 0 Å². The number of nitrogens with zero attached hydrogens (tertiary/aromatic N) is 2. The largest absolute Gasteiger partial charge is 0.478 e. The molecule has 0 unspecified atom stereocenters. The van der Waals surface area contributed by atoms with Crippen LogP contribution in [0.4, 0.5) is 5.69 Å². The quantitative estimate of drug-likeness (QED) is 0.744. The number of rotatable bonds is 6. The van der Waals surface area contributed by atoms with Crippen LogP contribution < -0.4 is 10.1 Å². The number of hydrogen-bond donors (Lipinski definition) is 1. The molecule has 0 aliphatic rings. The van der Waals surface area contributed by atoms with E-state index >= 15 is 0 Å². The number of aromatic nitrogens is 2. The molecule has 0 aliphatic heterocycles. The van der Waals surface area contributed by atoms with Gasteiger partial charge in [-0.3, -0.25) is 4.98 Å². The monoisotopic (exact) mass is 299 g/mol. The standard InChI is InChI=1S/C16H17N3OS/c1-2-8-20-15-4-3-12(11-19-15)10-18-13-5-7-17-14-6-9-21-16(13)14/h3-7,9,11H,2,8,10H2,1H3,(H,17,18). The summed E-state index contributed by atoms with van der Waals surface area (Å²) in [4.78, 5) is 8.65. The van der Waals surface area contributed by atoms with Crippen LogP contribution in [0.25, 0.3) is 10.2 Å². The number of hydrogen-bond acceptors (Lipinski definition) is 5. The third kappa shape index (κ3) is 3.31. The highest BCUT2D eigenvalue weighted by atomic mass is 32.1. The normalized spacial score (nSPS) is 10.7. The Morgan fingerprint density at radius 3 is 2.95 bits per heavy atom.